The second kappa shape index (κ2) is 8.69. The number of hydrogen-bond donors (Lipinski definition) is 4. The molecule has 0 aliphatic rings. The van der Waals surface area contributed by atoms with E-state index in [9.17, 15) is 0 Å². The molecule has 2 aromatic rings. The van der Waals surface area contributed by atoms with Crippen LogP contribution < -0.4 is 22.9 Å². The van der Waals surface area contributed by atoms with Gasteiger partial charge in [-0.05, 0) is 12.8 Å². The molecule has 2 heterocycles. The molecule has 12 heteroatoms. The van der Waals surface area contributed by atoms with Crippen molar-refractivity contribution in [3.8, 4) is 0 Å². The maximum Gasteiger partial charge on any atom is 0.225 e. The smallest absolute Gasteiger partial charge is 0.225 e. The summed E-state index contributed by atoms with van der Waals surface area (Å²) < 4.78 is 10.9. The fraction of sp³-hybridized carbons (Fsp3) is 0.500. The van der Waals surface area contributed by atoms with Crippen molar-refractivity contribution in [3.05, 3.63) is 11.6 Å². The molecule has 0 aliphatic carbocycles. The molecule has 2 rings (SSSR count). The van der Waals surface area contributed by atoms with Gasteiger partial charge in [-0.15, -0.1) is 0 Å². The SMILES string of the molecule is Nc1nc(N)nc(COCCCCOCc2nc(N)nc(N)n2)n1. The monoisotopic (exact) mass is 336 g/mol. The van der Waals surface area contributed by atoms with Gasteiger partial charge in [-0.25, -0.2) is 0 Å². The van der Waals surface area contributed by atoms with E-state index in [2.05, 4.69) is 29.9 Å². The molecule has 0 unspecified atom stereocenters. The summed E-state index contributed by atoms with van der Waals surface area (Å²) in [6.07, 6.45) is 1.61. The largest absolute Gasteiger partial charge is 0.373 e. The lowest BCUT2D eigenvalue weighted by atomic mass is 10.3. The maximum absolute atomic E-state index is 5.47. The molecule has 0 amide bonds. The first-order valence-corrected chi connectivity index (χ1v) is 7.20. The molecule has 0 aliphatic heterocycles. The Morgan fingerprint density at radius 2 is 0.875 bits per heavy atom. The highest BCUT2D eigenvalue weighted by Crippen LogP contribution is 2.03. The highest BCUT2D eigenvalue weighted by atomic mass is 16.5. The summed E-state index contributed by atoms with van der Waals surface area (Å²) in [5.41, 5.74) is 21.9. The molecule has 2 aromatic heterocycles. The van der Waals surface area contributed by atoms with Gasteiger partial charge in [0.2, 0.25) is 23.8 Å². The molecule has 0 saturated carbocycles. The summed E-state index contributed by atoms with van der Waals surface area (Å²) in [5, 5.41) is 0. The number of unbranched alkanes of at least 4 members (excludes halogenated alkanes) is 1. The molecule has 0 bridgehead atoms. The molecule has 0 spiro atoms. The van der Waals surface area contributed by atoms with Crippen molar-refractivity contribution in [2.24, 2.45) is 0 Å². The molecule has 0 atom stereocenters. The third-order valence-corrected chi connectivity index (χ3v) is 2.72. The second-order valence-corrected chi connectivity index (χ2v) is 4.75. The zero-order valence-corrected chi connectivity index (χ0v) is 13.1. The summed E-state index contributed by atoms with van der Waals surface area (Å²) in [6.45, 7) is 1.50. The van der Waals surface area contributed by atoms with E-state index in [4.69, 9.17) is 32.4 Å². The Balaban J connectivity index is 1.55. The van der Waals surface area contributed by atoms with Gasteiger partial charge >= 0.3 is 0 Å². The normalized spacial score (nSPS) is 10.8. The van der Waals surface area contributed by atoms with Crippen molar-refractivity contribution in [1.82, 2.24) is 29.9 Å². The highest BCUT2D eigenvalue weighted by Gasteiger charge is 2.03. The van der Waals surface area contributed by atoms with Crippen molar-refractivity contribution < 1.29 is 9.47 Å². The molecule has 0 fully saturated rings. The topological polar surface area (TPSA) is 200 Å². The van der Waals surface area contributed by atoms with Crippen molar-refractivity contribution >= 4 is 23.8 Å². The number of hydrogen-bond acceptors (Lipinski definition) is 12. The molecule has 0 aromatic carbocycles. The fourth-order valence-electron chi connectivity index (χ4n) is 1.78. The van der Waals surface area contributed by atoms with E-state index in [-0.39, 0.29) is 37.0 Å². The summed E-state index contributed by atoms with van der Waals surface area (Å²) in [4.78, 5) is 23.0. The average molecular weight is 336 g/mol. The van der Waals surface area contributed by atoms with Crippen LogP contribution in [0.2, 0.25) is 0 Å². The first-order chi connectivity index (χ1) is 11.5. The predicted molar refractivity (Wildman–Crippen MR) is 85.8 cm³/mol. The van der Waals surface area contributed by atoms with Crippen LogP contribution in [0.3, 0.4) is 0 Å². The third-order valence-electron chi connectivity index (χ3n) is 2.72. The van der Waals surface area contributed by atoms with E-state index in [1.807, 2.05) is 0 Å². The minimum atomic E-state index is 0.0779. The Kier molecular flexibility index (Phi) is 6.33. The Morgan fingerprint density at radius 1 is 0.542 bits per heavy atom. The summed E-state index contributed by atoms with van der Waals surface area (Å²) in [5.74, 6) is 1.12. The number of aromatic nitrogens is 6. The number of nitrogens with zero attached hydrogens (tertiary/aromatic N) is 6. The van der Waals surface area contributed by atoms with Crippen LogP contribution in [0.1, 0.15) is 24.5 Å². The van der Waals surface area contributed by atoms with Crippen LogP contribution in [0.15, 0.2) is 0 Å². The Morgan fingerprint density at radius 3 is 1.21 bits per heavy atom. The van der Waals surface area contributed by atoms with Crippen LogP contribution >= 0.6 is 0 Å². The van der Waals surface area contributed by atoms with Crippen LogP contribution in [0.4, 0.5) is 23.8 Å². The number of anilines is 4. The van der Waals surface area contributed by atoms with Crippen LogP contribution in [-0.2, 0) is 22.7 Å². The summed E-state index contributed by atoms with van der Waals surface area (Å²) in [7, 11) is 0. The van der Waals surface area contributed by atoms with Gasteiger partial charge in [0, 0.05) is 13.2 Å². The van der Waals surface area contributed by atoms with Crippen LogP contribution in [-0.4, -0.2) is 43.1 Å². The van der Waals surface area contributed by atoms with E-state index in [1.165, 1.54) is 0 Å². The number of nitrogens with two attached hydrogens (primary N) is 4. The van der Waals surface area contributed by atoms with Gasteiger partial charge in [0.1, 0.15) is 13.2 Å². The molecule has 24 heavy (non-hydrogen) atoms. The Hall–Kier alpha value is -2.86. The van der Waals surface area contributed by atoms with Gasteiger partial charge in [0.25, 0.3) is 0 Å². The first kappa shape index (κ1) is 17.5. The van der Waals surface area contributed by atoms with Gasteiger partial charge in [-0.2, -0.15) is 29.9 Å². The van der Waals surface area contributed by atoms with E-state index in [1.54, 1.807) is 0 Å². The lowest BCUT2D eigenvalue weighted by Gasteiger charge is -2.06. The summed E-state index contributed by atoms with van der Waals surface area (Å²) >= 11 is 0. The van der Waals surface area contributed by atoms with Crippen molar-refractivity contribution in [2.75, 3.05) is 36.1 Å². The summed E-state index contributed by atoms with van der Waals surface area (Å²) in [6, 6.07) is 0. The van der Waals surface area contributed by atoms with Crippen LogP contribution in [0, 0.1) is 0 Å². The highest BCUT2D eigenvalue weighted by molar-refractivity contribution is 5.26. The van der Waals surface area contributed by atoms with E-state index in [0.29, 0.717) is 24.9 Å². The fourth-order valence-corrected chi connectivity index (χ4v) is 1.78. The van der Waals surface area contributed by atoms with Gasteiger partial charge in [-0.3, -0.25) is 0 Å². The van der Waals surface area contributed by atoms with Crippen LogP contribution in [0.5, 0.6) is 0 Å². The maximum atomic E-state index is 5.47. The van der Waals surface area contributed by atoms with Gasteiger partial charge < -0.3 is 32.4 Å². The van der Waals surface area contributed by atoms with E-state index in [0.717, 1.165) is 12.8 Å². The zero-order valence-electron chi connectivity index (χ0n) is 13.1. The van der Waals surface area contributed by atoms with Gasteiger partial charge in [0.15, 0.2) is 11.6 Å². The van der Waals surface area contributed by atoms with Crippen LogP contribution in [0.25, 0.3) is 0 Å². The van der Waals surface area contributed by atoms with Gasteiger partial charge in [0.05, 0.1) is 0 Å². The van der Waals surface area contributed by atoms with Gasteiger partial charge in [-0.1, -0.05) is 0 Å². The van der Waals surface area contributed by atoms with Crippen molar-refractivity contribution in [3.63, 3.8) is 0 Å². The standard InChI is InChI=1S/C12H20N10O2/c13-9-17-7(18-10(14)21-9)5-23-3-1-2-4-24-6-8-19-11(15)22-12(16)20-8/h1-6H2,(H4,13,14,17,18,21)(H4,15,16,19,20,22). The minimum Gasteiger partial charge on any atom is -0.373 e. The Labute approximate surface area is 138 Å². The number of nitrogen functional groups attached to an aromatic ring is 4. The quantitative estimate of drug-likeness (QED) is 0.403. The molecule has 0 saturated heterocycles. The lowest BCUT2D eigenvalue weighted by molar-refractivity contribution is 0.0852. The molecule has 130 valence electrons. The molecular weight excluding hydrogens is 316 g/mol. The predicted octanol–water partition coefficient (Wildman–Crippen LogP) is -1.10. The van der Waals surface area contributed by atoms with E-state index < -0.39 is 0 Å². The second-order valence-electron chi connectivity index (χ2n) is 4.75. The first-order valence-electron chi connectivity index (χ1n) is 7.20. The molecule has 12 nitrogen and oxygen atoms in total. The van der Waals surface area contributed by atoms with E-state index >= 15 is 0 Å². The van der Waals surface area contributed by atoms with Crippen molar-refractivity contribution in [1.29, 1.82) is 0 Å². The number of ether oxygens (including phenoxy) is 2. The molecule has 0 radical (unpaired) electrons. The molecular formula is C12H20N10O2. The van der Waals surface area contributed by atoms with Crippen molar-refractivity contribution in [2.45, 2.75) is 26.1 Å². The average Bonchev–Trinajstić information content (AvgIpc) is 2.48. The molecule has 8 N–H and O–H groups in total. The Bertz CT molecular complexity index is 570. The number of rotatable bonds is 9. The lowest BCUT2D eigenvalue weighted by Crippen LogP contribution is -2.09. The zero-order chi connectivity index (χ0) is 17.4. The third kappa shape index (κ3) is 6.10. The minimum absolute atomic E-state index is 0.0779.